The molecule has 0 aliphatic carbocycles. The van der Waals surface area contributed by atoms with E-state index in [-0.39, 0.29) is 6.04 Å². The van der Waals surface area contributed by atoms with E-state index in [1.807, 2.05) is 51.1 Å². The molecule has 0 bridgehead atoms. The lowest BCUT2D eigenvalue weighted by Gasteiger charge is -2.35. The zero-order valence-corrected chi connectivity index (χ0v) is 17.4. The van der Waals surface area contributed by atoms with Crippen molar-refractivity contribution in [2.75, 3.05) is 42.4 Å². The lowest BCUT2D eigenvalue weighted by molar-refractivity contribution is 0.313. The van der Waals surface area contributed by atoms with Crippen molar-refractivity contribution in [3.8, 4) is 0 Å². The third-order valence-electron chi connectivity index (χ3n) is 5.00. The van der Waals surface area contributed by atoms with Crippen LogP contribution < -0.4 is 9.21 Å². The number of anilines is 2. The zero-order valence-electron chi connectivity index (χ0n) is 16.6. The highest BCUT2D eigenvalue weighted by atomic mass is 32.2. The normalized spacial score (nSPS) is 16.0. The predicted molar refractivity (Wildman–Crippen MR) is 112 cm³/mol. The Morgan fingerprint density at radius 2 is 1.59 bits per heavy atom. The number of nitrogens with zero attached hydrogens (tertiary/aromatic N) is 3. The molecule has 0 aromatic heterocycles. The van der Waals surface area contributed by atoms with Gasteiger partial charge < -0.3 is 9.80 Å². The summed E-state index contributed by atoms with van der Waals surface area (Å²) in [5.41, 5.74) is 2.83. The Morgan fingerprint density at radius 1 is 0.963 bits per heavy atom. The molecule has 1 fully saturated rings. The van der Waals surface area contributed by atoms with Gasteiger partial charge in [-0.3, -0.25) is 4.31 Å². The van der Waals surface area contributed by atoms with Crippen molar-refractivity contribution < 1.29 is 8.42 Å². The molecule has 0 radical (unpaired) electrons. The standard InChI is InChI=1S/C21H29N3O2S/c1-17(2)24(27(25,26)21-10-8-18(3)9-11-21)20-7-5-6-19(16-20)23-14-12-22(4)13-15-23/h5-11,16-17H,12-15H2,1-4H3. The van der Waals surface area contributed by atoms with Crippen molar-refractivity contribution in [3.05, 3.63) is 54.1 Å². The largest absolute Gasteiger partial charge is 0.369 e. The second-order valence-corrected chi connectivity index (χ2v) is 9.33. The quantitative estimate of drug-likeness (QED) is 0.789. The monoisotopic (exact) mass is 387 g/mol. The fourth-order valence-corrected chi connectivity index (χ4v) is 5.08. The van der Waals surface area contributed by atoms with Crippen LogP contribution in [0.5, 0.6) is 0 Å². The molecule has 146 valence electrons. The molecule has 27 heavy (non-hydrogen) atoms. The summed E-state index contributed by atoms with van der Waals surface area (Å²) in [4.78, 5) is 4.95. The Balaban J connectivity index is 1.96. The summed E-state index contributed by atoms with van der Waals surface area (Å²) in [6, 6.07) is 14.8. The Bertz CT molecular complexity index is 871. The number of hydrogen-bond acceptors (Lipinski definition) is 4. The Kier molecular flexibility index (Phi) is 5.77. The molecule has 0 unspecified atom stereocenters. The van der Waals surface area contributed by atoms with Gasteiger partial charge in [0.25, 0.3) is 10.0 Å². The number of sulfonamides is 1. The summed E-state index contributed by atoms with van der Waals surface area (Å²) in [7, 11) is -1.49. The van der Waals surface area contributed by atoms with Crippen LogP contribution in [0.1, 0.15) is 19.4 Å². The van der Waals surface area contributed by atoms with Crippen LogP contribution in [0.3, 0.4) is 0 Å². The number of hydrogen-bond donors (Lipinski definition) is 0. The Labute approximate surface area is 163 Å². The van der Waals surface area contributed by atoms with Crippen molar-refractivity contribution in [3.63, 3.8) is 0 Å². The maximum Gasteiger partial charge on any atom is 0.264 e. The minimum absolute atomic E-state index is 0.181. The molecule has 0 N–H and O–H groups in total. The van der Waals surface area contributed by atoms with Gasteiger partial charge in [-0.25, -0.2) is 8.42 Å². The molecule has 1 aliphatic heterocycles. The second kappa shape index (κ2) is 7.90. The highest BCUT2D eigenvalue weighted by Gasteiger charge is 2.28. The van der Waals surface area contributed by atoms with Crippen LogP contribution in [-0.4, -0.2) is 52.6 Å². The molecule has 0 spiro atoms. The first-order valence-corrected chi connectivity index (χ1v) is 10.9. The fourth-order valence-electron chi connectivity index (χ4n) is 3.43. The second-order valence-electron chi connectivity index (χ2n) is 7.52. The average molecular weight is 388 g/mol. The van der Waals surface area contributed by atoms with Crippen LogP contribution in [0.15, 0.2) is 53.4 Å². The maximum atomic E-state index is 13.3. The van der Waals surface area contributed by atoms with E-state index in [0.717, 1.165) is 37.4 Å². The van der Waals surface area contributed by atoms with Crippen molar-refractivity contribution in [1.29, 1.82) is 0 Å². The van der Waals surface area contributed by atoms with Crippen LogP contribution in [-0.2, 0) is 10.0 Å². The number of rotatable bonds is 5. The van der Waals surface area contributed by atoms with E-state index in [4.69, 9.17) is 0 Å². The molecule has 1 heterocycles. The molecule has 3 rings (SSSR count). The van der Waals surface area contributed by atoms with Crippen molar-refractivity contribution >= 4 is 21.4 Å². The summed E-state index contributed by atoms with van der Waals surface area (Å²) in [5, 5.41) is 0. The maximum absolute atomic E-state index is 13.3. The van der Waals surface area contributed by atoms with Crippen LogP contribution >= 0.6 is 0 Å². The van der Waals surface area contributed by atoms with Crippen molar-refractivity contribution in [2.45, 2.75) is 31.7 Å². The summed E-state index contributed by atoms with van der Waals surface area (Å²) >= 11 is 0. The van der Waals surface area contributed by atoms with E-state index in [1.165, 1.54) is 4.31 Å². The lowest BCUT2D eigenvalue weighted by Crippen LogP contribution is -2.44. The van der Waals surface area contributed by atoms with E-state index in [9.17, 15) is 8.42 Å². The van der Waals surface area contributed by atoms with E-state index < -0.39 is 10.0 Å². The lowest BCUT2D eigenvalue weighted by atomic mass is 10.2. The SMILES string of the molecule is Cc1ccc(S(=O)(=O)N(c2cccc(N3CCN(C)CC3)c2)C(C)C)cc1. The third kappa shape index (κ3) is 4.28. The van der Waals surface area contributed by atoms with Crippen LogP contribution in [0.4, 0.5) is 11.4 Å². The molecule has 2 aromatic carbocycles. The van der Waals surface area contributed by atoms with Gasteiger partial charge in [0.05, 0.1) is 10.6 Å². The Hall–Kier alpha value is -2.05. The molecule has 5 nitrogen and oxygen atoms in total. The van der Waals surface area contributed by atoms with Gasteiger partial charge in [-0.15, -0.1) is 0 Å². The van der Waals surface area contributed by atoms with Crippen LogP contribution in [0.2, 0.25) is 0 Å². The molecule has 2 aromatic rings. The highest BCUT2D eigenvalue weighted by molar-refractivity contribution is 7.92. The minimum Gasteiger partial charge on any atom is -0.369 e. The topological polar surface area (TPSA) is 43.9 Å². The average Bonchev–Trinajstić information content (AvgIpc) is 2.62. The zero-order chi connectivity index (χ0) is 19.6. The van der Waals surface area contributed by atoms with Gasteiger partial charge in [0, 0.05) is 37.9 Å². The first-order valence-electron chi connectivity index (χ1n) is 9.44. The highest BCUT2D eigenvalue weighted by Crippen LogP contribution is 2.30. The third-order valence-corrected chi connectivity index (χ3v) is 7.02. The van der Waals surface area contributed by atoms with E-state index >= 15 is 0 Å². The van der Waals surface area contributed by atoms with Crippen molar-refractivity contribution in [2.24, 2.45) is 0 Å². The molecule has 1 aliphatic rings. The van der Waals surface area contributed by atoms with Crippen LogP contribution in [0.25, 0.3) is 0 Å². The van der Waals surface area contributed by atoms with Gasteiger partial charge in [-0.2, -0.15) is 0 Å². The van der Waals surface area contributed by atoms with Crippen LogP contribution in [0, 0.1) is 6.92 Å². The summed E-state index contributed by atoms with van der Waals surface area (Å²) in [6.45, 7) is 9.71. The summed E-state index contributed by atoms with van der Waals surface area (Å²) in [5.74, 6) is 0. The molecule has 1 saturated heterocycles. The first-order chi connectivity index (χ1) is 12.8. The molecule has 0 atom stereocenters. The van der Waals surface area contributed by atoms with Gasteiger partial charge in [-0.05, 0) is 58.2 Å². The van der Waals surface area contributed by atoms with Gasteiger partial charge >= 0.3 is 0 Å². The molecular formula is C21H29N3O2S. The van der Waals surface area contributed by atoms with E-state index in [1.54, 1.807) is 12.1 Å². The predicted octanol–water partition coefficient (Wildman–Crippen LogP) is 3.35. The Morgan fingerprint density at radius 3 is 2.19 bits per heavy atom. The minimum atomic E-state index is -3.62. The molecule has 6 heteroatoms. The van der Waals surface area contributed by atoms with Gasteiger partial charge in [-0.1, -0.05) is 23.8 Å². The first kappa shape index (κ1) is 19.7. The van der Waals surface area contributed by atoms with E-state index in [2.05, 4.69) is 22.9 Å². The number of piperazine rings is 1. The van der Waals surface area contributed by atoms with Crippen molar-refractivity contribution in [1.82, 2.24) is 4.90 Å². The van der Waals surface area contributed by atoms with E-state index in [0.29, 0.717) is 10.6 Å². The molecular weight excluding hydrogens is 358 g/mol. The number of likely N-dealkylation sites (N-methyl/N-ethyl adjacent to an activating group) is 1. The summed E-state index contributed by atoms with van der Waals surface area (Å²) < 4.78 is 28.2. The van der Waals surface area contributed by atoms with Gasteiger partial charge in [0.15, 0.2) is 0 Å². The number of benzene rings is 2. The number of aryl methyl sites for hydroxylation is 1. The van der Waals surface area contributed by atoms with Gasteiger partial charge in [0.2, 0.25) is 0 Å². The molecule has 0 saturated carbocycles. The summed E-state index contributed by atoms with van der Waals surface area (Å²) in [6.07, 6.45) is 0. The molecule has 0 amide bonds. The fraction of sp³-hybridized carbons (Fsp3) is 0.429. The van der Waals surface area contributed by atoms with Gasteiger partial charge in [0.1, 0.15) is 0 Å². The smallest absolute Gasteiger partial charge is 0.264 e.